The number of benzene rings is 2. The molecule has 0 spiro atoms. The quantitative estimate of drug-likeness (QED) is 0.684. The SMILES string of the molecule is COc1ccc(Cl)cc1N1C(=O)C(Cl)=C(Nc2cc(Cl)cc(Cl)c2)C1=O. The number of nitrogens with zero attached hydrogens (tertiary/aromatic N) is 1. The smallest absolute Gasteiger partial charge is 0.283 e. The Morgan fingerprint density at radius 2 is 1.54 bits per heavy atom. The van der Waals surface area contributed by atoms with Crippen molar-refractivity contribution < 1.29 is 14.3 Å². The third-order valence-corrected chi connectivity index (χ3v) is 4.56. The van der Waals surface area contributed by atoms with Crippen LogP contribution in [0.5, 0.6) is 5.75 Å². The predicted octanol–water partition coefficient (Wildman–Crippen LogP) is 5.09. The van der Waals surface area contributed by atoms with Crippen LogP contribution in [0.4, 0.5) is 11.4 Å². The van der Waals surface area contributed by atoms with Crippen LogP contribution in [0.2, 0.25) is 15.1 Å². The second kappa shape index (κ2) is 7.37. The molecule has 0 aromatic heterocycles. The van der Waals surface area contributed by atoms with Crippen LogP contribution in [0.15, 0.2) is 47.1 Å². The Morgan fingerprint density at radius 3 is 2.15 bits per heavy atom. The van der Waals surface area contributed by atoms with E-state index in [1.54, 1.807) is 24.3 Å². The third-order valence-electron chi connectivity index (χ3n) is 3.54. The van der Waals surface area contributed by atoms with Gasteiger partial charge in [0.2, 0.25) is 0 Å². The van der Waals surface area contributed by atoms with Gasteiger partial charge in [0.15, 0.2) is 0 Å². The summed E-state index contributed by atoms with van der Waals surface area (Å²) in [5.74, 6) is -1.06. The topological polar surface area (TPSA) is 58.6 Å². The third kappa shape index (κ3) is 3.48. The highest BCUT2D eigenvalue weighted by Crippen LogP contribution is 2.37. The molecule has 1 N–H and O–H groups in total. The lowest BCUT2D eigenvalue weighted by atomic mass is 10.2. The Balaban J connectivity index is 1.99. The van der Waals surface area contributed by atoms with Gasteiger partial charge in [-0.05, 0) is 36.4 Å². The fourth-order valence-corrected chi connectivity index (χ4v) is 3.34. The van der Waals surface area contributed by atoms with Crippen molar-refractivity contribution in [3.05, 3.63) is 62.2 Å². The summed E-state index contributed by atoms with van der Waals surface area (Å²) < 4.78 is 5.21. The van der Waals surface area contributed by atoms with Crippen LogP contribution in [0, 0.1) is 0 Å². The van der Waals surface area contributed by atoms with Crippen molar-refractivity contribution in [2.45, 2.75) is 0 Å². The van der Waals surface area contributed by atoms with Crippen LogP contribution in [0.1, 0.15) is 0 Å². The number of ether oxygens (including phenoxy) is 1. The summed E-state index contributed by atoms with van der Waals surface area (Å²) in [6.45, 7) is 0. The molecule has 0 unspecified atom stereocenters. The fourth-order valence-electron chi connectivity index (χ4n) is 2.44. The van der Waals surface area contributed by atoms with Crippen LogP contribution in [-0.4, -0.2) is 18.9 Å². The van der Waals surface area contributed by atoms with E-state index in [0.717, 1.165) is 4.90 Å². The van der Waals surface area contributed by atoms with Gasteiger partial charge in [0.05, 0.1) is 12.8 Å². The van der Waals surface area contributed by atoms with Crippen molar-refractivity contribution in [2.24, 2.45) is 0 Å². The van der Waals surface area contributed by atoms with Gasteiger partial charge in [0, 0.05) is 20.8 Å². The summed E-state index contributed by atoms with van der Waals surface area (Å²) in [7, 11) is 1.42. The van der Waals surface area contributed by atoms with E-state index in [-0.39, 0.29) is 16.4 Å². The molecule has 0 bridgehead atoms. The Bertz CT molecular complexity index is 939. The first-order valence-corrected chi connectivity index (χ1v) is 8.68. The van der Waals surface area contributed by atoms with Crippen LogP contribution < -0.4 is 15.0 Å². The summed E-state index contributed by atoms with van der Waals surface area (Å²) in [5, 5.41) is 3.59. The number of nitrogens with one attached hydrogen (secondary N) is 1. The summed E-state index contributed by atoms with van der Waals surface area (Å²) in [6.07, 6.45) is 0. The molecule has 2 aromatic rings. The molecule has 0 saturated heterocycles. The van der Waals surface area contributed by atoms with Gasteiger partial charge in [-0.1, -0.05) is 46.4 Å². The summed E-state index contributed by atoms with van der Waals surface area (Å²) in [5.41, 5.74) is 0.503. The van der Waals surface area contributed by atoms with Crippen molar-refractivity contribution in [1.82, 2.24) is 0 Å². The zero-order chi connectivity index (χ0) is 19.0. The van der Waals surface area contributed by atoms with E-state index in [1.165, 1.54) is 19.2 Å². The molecule has 1 heterocycles. The number of halogens is 4. The number of methoxy groups -OCH3 is 1. The molecule has 0 radical (unpaired) electrons. The molecule has 2 amide bonds. The summed E-state index contributed by atoms with van der Waals surface area (Å²) in [6, 6.07) is 9.20. The number of rotatable bonds is 4. The largest absolute Gasteiger partial charge is 0.495 e. The molecule has 1 aliphatic heterocycles. The molecule has 134 valence electrons. The number of carbonyl (C=O) groups excluding carboxylic acids is 2. The van der Waals surface area contributed by atoms with Gasteiger partial charge in [-0.2, -0.15) is 0 Å². The molecule has 5 nitrogen and oxygen atoms in total. The first kappa shape index (κ1) is 18.9. The van der Waals surface area contributed by atoms with Gasteiger partial charge in [-0.25, -0.2) is 4.90 Å². The van der Waals surface area contributed by atoms with Crippen LogP contribution >= 0.6 is 46.4 Å². The molecule has 3 rings (SSSR count). The van der Waals surface area contributed by atoms with E-state index in [9.17, 15) is 9.59 Å². The van der Waals surface area contributed by atoms with E-state index in [4.69, 9.17) is 51.1 Å². The number of imide groups is 1. The van der Waals surface area contributed by atoms with E-state index in [0.29, 0.717) is 26.5 Å². The van der Waals surface area contributed by atoms with E-state index >= 15 is 0 Å². The second-order valence-electron chi connectivity index (χ2n) is 5.23. The van der Waals surface area contributed by atoms with Gasteiger partial charge in [-0.3, -0.25) is 9.59 Å². The Kier molecular flexibility index (Phi) is 5.34. The van der Waals surface area contributed by atoms with Crippen molar-refractivity contribution in [1.29, 1.82) is 0 Å². The van der Waals surface area contributed by atoms with E-state index < -0.39 is 11.8 Å². The number of carbonyl (C=O) groups is 2. The maximum absolute atomic E-state index is 12.8. The highest BCUT2D eigenvalue weighted by Gasteiger charge is 2.40. The predicted molar refractivity (Wildman–Crippen MR) is 103 cm³/mol. The molecule has 0 aliphatic carbocycles. The second-order valence-corrected chi connectivity index (χ2v) is 6.92. The molecule has 9 heteroatoms. The van der Waals surface area contributed by atoms with Crippen molar-refractivity contribution >= 4 is 69.6 Å². The Labute approximate surface area is 169 Å². The fraction of sp³-hybridized carbons (Fsp3) is 0.0588. The molecular formula is C17H10Cl4N2O3. The monoisotopic (exact) mass is 430 g/mol. The number of anilines is 2. The molecule has 2 aromatic carbocycles. The molecule has 1 aliphatic rings. The number of hydrogen-bond acceptors (Lipinski definition) is 4. The van der Waals surface area contributed by atoms with Crippen LogP contribution in [0.25, 0.3) is 0 Å². The lowest BCUT2D eigenvalue weighted by molar-refractivity contribution is -0.120. The summed E-state index contributed by atoms with van der Waals surface area (Å²) in [4.78, 5) is 26.3. The average Bonchev–Trinajstić information content (AvgIpc) is 2.77. The molecule has 26 heavy (non-hydrogen) atoms. The minimum atomic E-state index is -0.701. The van der Waals surface area contributed by atoms with E-state index in [1.807, 2.05) is 0 Å². The highest BCUT2D eigenvalue weighted by molar-refractivity contribution is 6.53. The normalized spacial score (nSPS) is 14.3. The average molecular weight is 432 g/mol. The Morgan fingerprint density at radius 1 is 0.885 bits per heavy atom. The number of hydrogen-bond donors (Lipinski definition) is 1. The van der Waals surface area contributed by atoms with Crippen molar-refractivity contribution in [2.75, 3.05) is 17.3 Å². The first-order chi connectivity index (χ1) is 12.3. The molecular weight excluding hydrogens is 422 g/mol. The summed E-state index contributed by atoms with van der Waals surface area (Å²) >= 11 is 24.0. The van der Waals surface area contributed by atoms with Gasteiger partial charge in [0.1, 0.15) is 16.5 Å². The zero-order valence-corrected chi connectivity index (χ0v) is 16.2. The minimum Gasteiger partial charge on any atom is -0.495 e. The van der Waals surface area contributed by atoms with Gasteiger partial charge in [-0.15, -0.1) is 0 Å². The standard InChI is InChI=1S/C17H10Cl4N2O3/c1-26-13-3-2-8(18)7-12(13)23-16(24)14(21)15(17(23)25)22-11-5-9(19)4-10(20)6-11/h2-7,22H,1H3. The van der Waals surface area contributed by atoms with Crippen molar-refractivity contribution in [3.63, 3.8) is 0 Å². The maximum atomic E-state index is 12.8. The zero-order valence-electron chi connectivity index (χ0n) is 13.1. The van der Waals surface area contributed by atoms with E-state index in [2.05, 4.69) is 5.32 Å². The molecule has 0 atom stereocenters. The lowest BCUT2D eigenvalue weighted by Crippen LogP contribution is -2.32. The van der Waals surface area contributed by atoms with Crippen LogP contribution in [-0.2, 0) is 9.59 Å². The first-order valence-electron chi connectivity index (χ1n) is 7.17. The number of amides is 2. The minimum absolute atomic E-state index is 0.1000. The molecule has 0 fully saturated rings. The van der Waals surface area contributed by atoms with Crippen LogP contribution in [0.3, 0.4) is 0 Å². The Hall–Kier alpha value is -1.92. The van der Waals surface area contributed by atoms with Gasteiger partial charge < -0.3 is 10.1 Å². The van der Waals surface area contributed by atoms with Gasteiger partial charge in [0.25, 0.3) is 11.8 Å². The highest BCUT2D eigenvalue weighted by atomic mass is 35.5. The van der Waals surface area contributed by atoms with Gasteiger partial charge >= 0.3 is 0 Å². The van der Waals surface area contributed by atoms with Crippen molar-refractivity contribution in [3.8, 4) is 5.75 Å². The maximum Gasteiger partial charge on any atom is 0.283 e. The molecule has 0 saturated carbocycles. The lowest BCUT2D eigenvalue weighted by Gasteiger charge is -2.18.